The Balaban J connectivity index is 1.92. The molecule has 0 saturated heterocycles. The van der Waals surface area contributed by atoms with Gasteiger partial charge >= 0.3 is 10.2 Å². The predicted octanol–water partition coefficient (Wildman–Crippen LogP) is 3.41. The molecule has 0 spiro atoms. The highest BCUT2D eigenvalue weighted by Crippen LogP contribution is 2.38. The van der Waals surface area contributed by atoms with Crippen LogP contribution in [-0.2, 0) is 10.2 Å². The van der Waals surface area contributed by atoms with E-state index in [1.807, 2.05) is 30.5 Å². The highest BCUT2D eigenvalue weighted by Gasteiger charge is 2.23. The van der Waals surface area contributed by atoms with Gasteiger partial charge in [0, 0.05) is 25.9 Å². The Bertz CT molecular complexity index is 1140. The van der Waals surface area contributed by atoms with Crippen LogP contribution in [0.15, 0.2) is 16.5 Å². The number of hydrogen-bond donors (Lipinski definition) is 1. The monoisotopic (exact) mass is 438 g/mol. The number of thioether (sulfide) groups is 1. The number of aromatic nitrogens is 2. The molecule has 12 heteroatoms. The van der Waals surface area contributed by atoms with Crippen LogP contribution in [0.1, 0.15) is 12.8 Å². The summed E-state index contributed by atoms with van der Waals surface area (Å²) in [5.74, 6) is 0. The molecular formula is C15H14N6O2S4. The molecule has 2 aromatic heterocycles. The fourth-order valence-corrected chi connectivity index (χ4v) is 6.41. The van der Waals surface area contributed by atoms with Gasteiger partial charge in [0.2, 0.25) is 0 Å². The molecule has 140 valence electrons. The van der Waals surface area contributed by atoms with Gasteiger partial charge in [0.05, 0.1) is 32.6 Å². The quantitative estimate of drug-likeness (QED) is 0.535. The van der Waals surface area contributed by atoms with Crippen LogP contribution in [0.3, 0.4) is 0 Å². The summed E-state index contributed by atoms with van der Waals surface area (Å²) in [6.07, 6.45) is 2.05. The van der Waals surface area contributed by atoms with Crippen molar-refractivity contribution in [3.8, 4) is 12.1 Å². The summed E-state index contributed by atoms with van der Waals surface area (Å²) < 4.78 is 31.7. The molecule has 0 fully saturated rings. The lowest BCUT2D eigenvalue weighted by atomic mass is 10.3. The number of fused-ring (bicyclic) bond motifs is 3. The molecule has 0 radical (unpaired) electrons. The van der Waals surface area contributed by atoms with Gasteiger partial charge in [0.15, 0.2) is 9.47 Å². The van der Waals surface area contributed by atoms with Gasteiger partial charge in [-0.2, -0.15) is 23.2 Å². The number of anilines is 1. The number of nitrogens with zero attached hydrogens (tertiary/aromatic N) is 5. The van der Waals surface area contributed by atoms with Gasteiger partial charge in [0.1, 0.15) is 0 Å². The highest BCUT2D eigenvalue weighted by atomic mass is 32.2. The largest absolute Gasteiger partial charge is 0.303 e. The number of benzene rings is 1. The van der Waals surface area contributed by atoms with Crippen LogP contribution in [0.25, 0.3) is 20.4 Å². The van der Waals surface area contributed by atoms with Crippen LogP contribution in [0.5, 0.6) is 0 Å². The second-order valence-electron chi connectivity index (χ2n) is 5.29. The van der Waals surface area contributed by atoms with Crippen molar-refractivity contribution in [3.63, 3.8) is 0 Å². The Morgan fingerprint density at radius 2 is 1.70 bits per heavy atom. The Morgan fingerprint density at radius 3 is 2.30 bits per heavy atom. The maximum atomic E-state index is 12.7. The van der Waals surface area contributed by atoms with Gasteiger partial charge in [-0.15, -0.1) is 11.3 Å². The number of rotatable bonds is 8. The van der Waals surface area contributed by atoms with E-state index in [1.54, 1.807) is 23.1 Å². The third-order valence-electron chi connectivity index (χ3n) is 3.57. The van der Waals surface area contributed by atoms with E-state index in [0.29, 0.717) is 5.52 Å². The van der Waals surface area contributed by atoms with Crippen LogP contribution >= 0.6 is 34.4 Å². The SMILES string of the molecule is CSc1nc2ccc3nc(NS(=O)(=O)N(CCC#N)CCC#N)sc3c2s1. The molecular weight excluding hydrogens is 424 g/mol. The van der Waals surface area contributed by atoms with Crippen molar-refractivity contribution in [1.29, 1.82) is 10.5 Å². The lowest BCUT2D eigenvalue weighted by Gasteiger charge is -2.19. The molecule has 27 heavy (non-hydrogen) atoms. The zero-order chi connectivity index (χ0) is 19.4. The van der Waals surface area contributed by atoms with Gasteiger partial charge in [-0.3, -0.25) is 0 Å². The van der Waals surface area contributed by atoms with E-state index < -0.39 is 10.2 Å². The normalized spacial score (nSPS) is 11.7. The van der Waals surface area contributed by atoms with E-state index in [2.05, 4.69) is 14.7 Å². The minimum Gasteiger partial charge on any atom is -0.246 e. The van der Waals surface area contributed by atoms with Crippen molar-refractivity contribution in [2.45, 2.75) is 17.2 Å². The maximum absolute atomic E-state index is 12.7. The van der Waals surface area contributed by atoms with Crippen LogP contribution in [-0.4, -0.2) is 42.0 Å². The minimum absolute atomic E-state index is 0.0224. The van der Waals surface area contributed by atoms with Crippen molar-refractivity contribution in [2.75, 3.05) is 24.1 Å². The second-order valence-corrected chi connectivity index (χ2v) is 10.0. The maximum Gasteiger partial charge on any atom is 0.303 e. The molecule has 0 unspecified atom stereocenters. The van der Waals surface area contributed by atoms with Gasteiger partial charge in [-0.25, -0.2) is 14.7 Å². The first-order valence-corrected chi connectivity index (χ1v) is 12.0. The van der Waals surface area contributed by atoms with Gasteiger partial charge in [-0.1, -0.05) is 23.1 Å². The van der Waals surface area contributed by atoms with Crippen molar-refractivity contribution >= 4 is 70.2 Å². The highest BCUT2D eigenvalue weighted by molar-refractivity contribution is 8.00. The Hall–Kier alpha value is -1.96. The molecule has 3 rings (SSSR count). The summed E-state index contributed by atoms with van der Waals surface area (Å²) in [6.45, 7) is 0.0448. The van der Waals surface area contributed by atoms with Crippen molar-refractivity contribution < 1.29 is 8.42 Å². The first-order chi connectivity index (χ1) is 13.0. The summed E-state index contributed by atoms with van der Waals surface area (Å²) in [4.78, 5) is 8.88. The molecule has 0 amide bonds. The number of thiazole rings is 2. The zero-order valence-corrected chi connectivity index (χ0v) is 17.4. The molecule has 2 heterocycles. The Labute approximate surface area is 168 Å². The summed E-state index contributed by atoms with van der Waals surface area (Å²) in [7, 11) is -3.91. The molecule has 1 N–H and O–H groups in total. The van der Waals surface area contributed by atoms with Crippen molar-refractivity contribution in [3.05, 3.63) is 12.1 Å². The lowest BCUT2D eigenvalue weighted by molar-refractivity contribution is 0.429. The predicted molar refractivity (Wildman–Crippen MR) is 109 cm³/mol. The number of hydrogen-bond acceptors (Lipinski definition) is 9. The van der Waals surface area contributed by atoms with E-state index in [0.717, 1.165) is 23.6 Å². The van der Waals surface area contributed by atoms with Crippen LogP contribution in [0.2, 0.25) is 0 Å². The summed E-state index contributed by atoms with van der Waals surface area (Å²) in [5, 5.41) is 17.7. The fraction of sp³-hybridized carbons (Fsp3) is 0.333. The van der Waals surface area contributed by atoms with Crippen LogP contribution < -0.4 is 4.72 Å². The molecule has 0 bridgehead atoms. The zero-order valence-electron chi connectivity index (χ0n) is 14.2. The van der Waals surface area contributed by atoms with E-state index >= 15 is 0 Å². The number of nitriles is 2. The summed E-state index contributed by atoms with van der Waals surface area (Å²) in [5.41, 5.74) is 1.56. The van der Waals surface area contributed by atoms with Gasteiger partial charge in [-0.05, 0) is 18.4 Å². The minimum atomic E-state index is -3.91. The summed E-state index contributed by atoms with van der Waals surface area (Å²) >= 11 is 4.35. The standard InChI is InChI=1S/C15H14N6O2S4/c1-24-15-19-11-5-4-10-12(13(11)26-15)25-14(18-10)20-27(22,23)21(8-2-6-16)9-3-7-17/h4-5H,2-3,8-9H2,1H3,(H,18,20). The molecule has 0 atom stereocenters. The number of nitrogens with one attached hydrogen (secondary N) is 1. The second kappa shape index (κ2) is 8.37. The first kappa shape index (κ1) is 19.8. The smallest absolute Gasteiger partial charge is 0.246 e. The third-order valence-corrected chi connectivity index (χ3v) is 8.40. The molecule has 0 aliphatic rings. The van der Waals surface area contributed by atoms with E-state index in [1.165, 1.54) is 11.3 Å². The van der Waals surface area contributed by atoms with E-state index in [-0.39, 0.29) is 31.1 Å². The first-order valence-electron chi connectivity index (χ1n) is 7.74. The average molecular weight is 439 g/mol. The molecule has 0 aliphatic heterocycles. The lowest BCUT2D eigenvalue weighted by Crippen LogP contribution is -2.37. The van der Waals surface area contributed by atoms with Gasteiger partial charge in [0.25, 0.3) is 0 Å². The fourth-order valence-electron chi connectivity index (χ4n) is 2.36. The summed E-state index contributed by atoms with van der Waals surface area (Å²) in [6, 6.07) is 7.54. The van der Waals surface area contributed by atoms with Gasteiger partial charge < -0.3 is 0 Å². The third kappa shape index (κ3) is 4.31. The molecule has 3 aromatic rings. The van der Waals surface area contributed by atoms with E-state index in [4.69, 9.17) is 10.5 Å². The Kier molecular flexibility index (Phi) is 6.14. The Morgan fingerprint density at radius 1 is 1.11 bits per heavy atom. The average Bonchev–Trinajstić information content (AvgIpc) is 3.23. The van der Waals surface area contributed by atoms with Crippen molar-refractivity contribution in [2.24, 2.45) is 0 Å². The van der Waals surface area contributed by atoms with Crippen LogP contribution in [0, 0.1) is 22.7 Å². The van der Waals surface area contributed by atoms with Crippen LogP contribution in [0.4, 0.5) is 5.13 Å². The molecule has 0 aliphatic carbocycles. The molecule has 0 saturated carbocycles. The molecule has 1 aromatic carbocycles. The topological polar surface area (TPSA) is 123 Å². The van der Waals surface area contributed by atoms with E-state index in [9.17, 15) is 8.42 Å². The molecule has 8 nitrogen and oxygen atoms in total. The van der Waals surface area contributed by atoms with Crippen molar-refractivity contribution in [1.82, 2.24) is 14.3 Å².